The topological polar surface area (TPSA) is 46.5 Å². The smallest absolute Gasteiger partial charge is 0.303 e. The monoisotopic (exact) mass is 288 g/mol. The summed E-state index contributed by atoms with van der Waals surface area (Å²) < 4.78 is 5.73. The average Bonchev–Trinajstić information content (AvgIpc) is 3.01. The molecule has 0 radical (unpaired) electrons. The fourth-order valence-corrected chi connectivity index (χ4v) is 4.00. The summed E-state index contributed by atoms with van der Waals surface area (Å²) in [6.07, 6.45) is 8.09. The van der Waals surface area contributed by atoms with Crippen LogP contribution in [0.25, 0.3) is 0 Å². The Hall–Kier alpha value is -1.51. The Morgan fingerprint density at radius 2 is 2.14 bits per heavy atom. The SMILES string of the molecule is CC1Cc2cc(CCC3(CC(=O)O)CCCC3)ccc2O1. The molecule has 1 fully saturated rings. The number of fused-ring (bicyclic) bond motifs is 1. The molecule has 3 nitrogen and oxygen atoms in total. The van der Waals surface area contributed by atoms with E-state index < -0.39 is 5.97 Å². The lowest BCUT2D eigenvalue weighted by Gasteiger charge is -2.27. The second-order valence-corrected chi connectivity index (χ2v) is 6.85. The van der Waals surface area contributed by atoms with Crippen LogP contribution in [0, 0.1) is 5.41 Å². The fourth-order valence-electron chi connectivity index (χ4n) is 4.00. The molecule has 3 rings (SSSR count). The summed E-state index contributed by atoms with van der Waals surface area (Å²) in [6, 6.07) is 6.47. The summed E-state index contributed by atoms with van der Waals surface area (Å²) in [4.78, 5) is 11.1. The number of rotatable bonds is 5. The second kappa shape index (κ2) is 5.70. The highest BCUT2D eigenvalue weighted by atomic mass is 16.5. The number of carboxylic acid groups (broad SMARTS) is 1. The Morgan fingerprint density at radius 3 is 2.86 bits per heavy atom. The molecule has 1 heterocycles. The molecule has 3 heteroatoms. The zero-order valence-electron chi connectivity index (χ0n) is 12.7. The Kier molecular flexibility index (Phi) is 3.92. The summed E-state index contributed by atoms with van der Waals surface area (Å²) in [6.45, 7) is 2.10. The van der Waals surface area contributed by atoms with Gasteiger partial charge in [-0.3, -0.25) is 4.79 Å². The molecule has 0 amide bonds. The highest BCUT2D eigenvalue weighted by molar-refractivity contribution is 5.67. The van der Waals surface area contributed by atoms with Gasteiger partial charge in [-0.15, -0.1) is 0 Å². The van der Waals surface area contributed by atoms with Gasteiger partial charge in [-0.05, 0) is 55.2 Å². The van der Waals surface area contributed by atoms with Crippen molar-refractivity contribution in [3.8, 4) is 5.75 Å². The summed E-state index contributed by atoms with van der Waals surface area (Å²) in [5.41, 5.74) is 2.66. The first-order valence-corrected chi connectivity index (χ1v) is 8.07. The van der Waals surface area contributed by atoms with Crippen molar-refractivity contribution in [2.24, 2.45) is 5.41 Å². The molecule has 1 saturated carbocycles. The fraction of sp³-hybridized carbons (Fsp3) is 0.611. The van der Waals surface area contributed by atoms with Crippen LogP contribution in [0.1, 0.15) is 56.6 Å². The van der Waals surface area contributed by atoms with Gasteiger partial charge in [0.1, 0.15) is 11.9 Å². The van der Waals surface area contributed by atoms with Gasteiger partial charge in [0.25, 0.3) is 0 Å². The first kappa shape index (κ1) is 14.4. The number of carboxylic acids is 1. The van der Waals surface area contributed by atoms with Gasteiger partial charge < -0.3 is 9.84 Å². The summed E-state index contributed by atoms with van der Waals surface area (Å²) in [7, 11) is 0. The Morgan fingerprint density at radius 1 is 1.38 bits per heavy atom. The molecule has 2 aliphatic rings. The molecule has 1 atom stereocenters. The molecule has 21 heavy (non-hydrogen) atoms. The van der Waals surface area contributed by atoms with Crippen LogP contribution in [0.4, 0.5) is 0 Å². The van der Waals surface area contributed by atoms with Crippen LogP contribution in [0.15, 0.2) is 18.2 Å². The van der Waals surface area contributed by atoms with Crippen molar-refractivity contribution in [2.45, 2.75) is 64.4 Å². The third-order valence-corrected chi connectivity index (χ3v) is 5.09. The van der Waals surface area contributed by atoms with E-state index in [0.717, 1.165) is 37.9 Å². The molecule has 1 aliphatic heterocycles. The van der Waals surface area contributed by atoms with Crippen molar-refractivity contribution in [1.29, 1.82) is 0 Å². The van der Waals surface area contributed by atoms with Gasteiger partial charge in [0.05, 0.1) is 6.42 Å². The lowest BCUT2D eigenvalue weighted by Crippen LogP contribution is -2.21. The number of benzene rings is 1. The summed E-state index contributed by atoms with van der Waals surface area (Å²) in [5, 5.41) is 9.18. The van der Waals surface area contributed by atoms with Crippen molar-refractivity contribution in [2.75, 3.05) is 0 Å². The van der Waals surface area contributed by atoms with E-state index in [1.54, 1.807) is 0 Å². The molecule has 0 saturated heterocycles. The van der Waals surface area contributed by atoms with E-state index in [1.165, 1.54) is 24.0 Å². The van der Waals surface area contributed by atoms with Gasteiger partial charge in [-0.1, -0.05) is 25.0 Å². The van der Waals surface area contributed by atoms with Gasteiger partial charge in [-0.25, -0.2) is 0 Å². The molecule has 1 aliphatic carbocycles. The third-order valence-electron chi connectivity index (χ3n) is 5.09. The van der Waals surface area contributed by atoms with E-state index in [0.29, 0.717) is 6.42 Å². The van der Waals surface area contributed by atoms with Crippen LogP contribution >= 0.6 is 0 Å². The van der Waals surface area contributed by atoms with E-state index in [4.69, 9.17) is 4.74 Å². The van der Waals surface area contributed by atoms with E-state index in [1.807, 2.05) is 0 Å². The number of carbonyl (C=O) groups is 1. The maximum absolute atomic E-state index is 11.1. The highest BCUT2D eigenvalue weighted by Gasteiger charge is 2.35. The van der Waals surface area contributed by atoms with Crippen molar-refractivity contribution < 1.29 is 14.6 Å². The third kappa shape index (κ3) is 3.22. The van der Waals surface area contributed by atoms with Crippen LogP contribution in [0.2, 0.25) is 0 Å². The van der Waals surface area contributed by atoms with E-state index >= 15 is 0 Å². The Labute approximate surface area is 126 Å². The first-order chi connectivity index (χ1) is 10.1. The number of aryl methyl sites for hydroxylation is 1. The zero-order valence-corrected chi connectivity index (χ0v) is 12.7. The molecule has 1 N–H and O–H groups in total. The predicted octanol–water partition coefficient (Wildman–Crippen LogP) is 3.98. The molecular weight excluding hydrogens is 264 g/mol. The van der Waals surface area contributed by atoms with Crippen LogP contribution in [0.3, 0.4) is 0 Å². The molecule has 1 unspecified atom stereocenters. The van der Waals surface area contributed by atoms with Gasteiger partial charge in [0.2, 0.25) is 0 Å². The van der Waals surface area contributed by atoms with Crippen molar-refractivity contribution in [3.63, 3.8) is 0 Å². The molecule has 0 aromatic heterocycles. The number of hydrogen-bond donors (Lipinski definition) is 1. The van der Waals surface area contributed by atoms with E-state index in [-0.39, 0.29) is 11.5 Å². The molecule has 114 valence electrons. The standard InChI is InChI=1S/C18H24O3/c1-13-10-15-11-14(4-5-16(15)21-13)6-9-18(12-17(19)20)7-2-3-8-18/h4-5,11,13H,2-3,6-10,12H2,1H3,(H,19,20). The molecule has 1 aromatic carbocycles. The summed E-state index contributed by atoms with van der Waals surface area (Å²) >= 11 is 0. The van der Waals surface area contributed by atoms with Crippen molar-refractivity contribution in [1.82, 2.24) is 0 Å². The molecular formula is C18H24O3. The maximum atomic E-state index is 11.1. The molecule has 0 spiro atoms. The van der Waals surface area contributed by atoms with Gasteiger partial charge in [-0.2, -0.15) is 0 Å². The van der Waals surface area contributed by atoms with Crippen LogP contribution in [-0.2, 0) is 17.6 Å². The van der Waals surface area contributed by atoms with Gasteiger partial charge in [0, 0.05) is 6.42 Å². The zero-order chi connectivity index (χ0) is 14.9. The predicted molar refractivity (Wildman–Crippen MR) is 81.7 cm³/mol. The van der Waals surface area contributed by atoms with Gasteiger partial charge in [0.15, 0.2) is 0 Å². The quantitative estimate of drug-likeness (QED) is 0.891. The first-order valence-electron chi connectivity index (χ1n) is 8.07. The maximum Gasteiger partial charge on any atom is 0.303 e. The minimum absolute atomic E-state index is 0.0363. The number of aliphatic carboxylic acids is 1. The largest absolute Gasteiger partial charge is 0.490 e. The Balaban J connectivity index is 1.67. The summed E-state index contributed by atoms with van der Waals surface area (Å²) in [5.74, 6) is 0.375. The minimum atomic E-state index is -0.645. The van der Waals surface area contributed by atoms with Crippen molar-refractivity contribution >= 4 is 5.97 Å². The molecule has 0 bridgehead atoms. The van der Waals surface area contributed by atoms with Crippen LogP contribution in [-0.4, -0.2) is 17.2 Å². The van der Waals surface area contributed by atoms with Crippen molar-refractivity contribution in [3.05, 3.63) is 29.3 Å². The van der Waals surface area contributed by atoms with Crippen LogP contribution in [0.5, 0.6) is 5.75 Å². The lowest BCUT2D eigenvalue weighted by atomic mass is 9.77. The average molecular weight is 288 g/mol. The van der Waals surface area contributed by atoms with E-state index in [2.05, 4.69) is 25.1 Å². The lowest BCUT2D eigenvalue weighted by molar-refractivity contribution is -0.139. The van der Waals surface area contributed by atoms with Gasteiger partial charge >= 0.3 is 5.97 Å². The molecule has 1 aromatic rings. The highest BCUT2D eigenvalue weighted by Crippen LogP contribution is 2.45. The van der Waals surface area contributed by atoms with E-state index in [9.17, 15) is 9.90 Å². The normalized spacial score (nSPS) is 22.8. The number of hydrogen-bond acceptors (Lipinski definition) is 2. The number of ether oxygens (including phenoxy) is 1. The second-order valence-electron chi connectivity index (χ2n) is 6.85. The van der Waals surface area contributed by atoms with Crippen LogP contribution < -0.4 is 4.74 Å². The minimum Gasteiger partial charge on any atom is -0.490 e. The Bertz CT molecular complexity index is 529.